The number of hydrogen-bond donors (Lipinski definition) is 1. The quantitative estimate of drug-likeness (QED) is 0.520. The lowest BCUT2D eigenvalue weighted by Gasteiger charge is -2.09. The number of imide groups is 1. The zero-order valence-electron chi connectivity index (χ0n) is 7.90. The molecule has 1 saturated heterocycles. The highest BCUT2D eigenvalue weighted by molar-refractivity contribution is 6.06. The number of amides is 2. The lowest BCUT2D eigenvalue weighted by Crippen LogP contribution is -2.26. The highest BCUT2D eigenvalue weighted by atomic mass is 16.2. The van der Waals surface area contributed by atoms with Gasteiger partial charge in [0.25, 0.3) is 0 Å². The molecule has 2 fully saturated rings. The Bertz CT molecular complexity index is 291. The molecule has 4 unspecified atom stereocenters. The van der Waals surface area contributed by atoms with Gasteiger partial charge >= 0.3 is 0 Å². The van der Waals surface area contributed by atoms with E-state index in [9.17, 15) is 9.59 Å². The molecular weight excluding hydrogens is 178 g/mol. The summed E-state index contributed by atoms with van der Waals surface area (Å²) >= 11 is 0. The topological polar surface area (TPSA) is 46.2 Å². The van der Waals surface area contributed by atoms with Gasteiger partial charge in [0, 0.05) is 0 Å². The molecule has 0 aromatic carbocycles. The van der Waals surface area contributed by atoms with Gasteiger partial charge in [0.05, 0.1) is 11.8 Å². The third-order valence-corrected chi connectivity index (χ3v) is 3.31. The molecule has 3 heteroatoms. The molecule has 0 aromatic heterocycles. The van der Waals surface area contributed by atoms with Gasteiger partial charge in [0.2, 0.25) is 11.8 Å². The summed E-state index contributed by atoms with van der Waals surface area (Å²) in [6.07, 6.45) is 4.38. The second kappa shape index (κ2) is 3.08. The highest BCUT2D eigenvalue weighted by Gasteiger charge is 2.53. The van der Waals surface area contributed by atoms with E-state index in [4.69, 9.17) is 0 Å². The summed E-state index contributed by atoms with van der Waals surface area (Å²) in [5, 5.41) is 2.37. The molecule has 0 spiro atoms. The van der Waals surface area contributed by atoms with Crippen LogP contribution in [0.25, 0.3) is 0 Å². The standard InChI is InChI=1S/C11H13NO2/c1-3-6-5-7(4-2)9-8(6)10(13)12-11(9)14/h3-4,6-9H,1-2,5H2,(H,12,13,14). The Balaban J connectivity index is 2.35. The second-order valence-corrected chi connectivity index (χ2v) is 3.94. The molecule has 14 heavy (non-hydrogen) atoms. The fourth-order valence-electron chi connectivity index (χ4n) is 2.63. The van der Waals surface area contributed by atoms with Crippen LogP contribution in [0.4, 0.5) is 0 Å². The van der Waals surface area contributed by atoms with Crippen LogP contribution in [0.1, 0.15) is 6.42 Å². The van der Waals surface area contributed by atoms with Gasteiger partial charge in [0.1, 0.15) is 0 Å². The van der Waals surface area contributed by atoms with E-state index >= 15 is 0 Å². The molecule has 1 heterocycles. The van der Waals surface area contributed by atoms with E-state index < -0.39 is 0 Å². The number of fused-ring (bicyclic) bond motifs is 1. The summed E-state index contributed by atoms with van der Waals surface area (Å²) < 4.78 is 0. The molecule has 0 bridgehead atoms. The van der Waals surface area contributed by atoms with Gasteiger partial charge < -0.3 is 0 Å². The van der Waals surface area contributed by atoms with Gasteiger partial charge in [-0.2, -0.15) is 0 Å². The van der Waals surface area contributed by atoms with Gasteiger partial charge in [-0.3, -0.25) is 14.9 Å². The molecular formula is C11H13NO2. The predicted molar refractivity (Wildman–Crippen MR) is 52.1 cm³/mol. The van der Waals surface area contributed by atoms with Crippen LogP contribution in [-0.2, 0) is 9.59 Å². The first kappa shape index (κ1) is 9.19. The van der Waals surface area contributed by atoms with Crippen molar-refractivity contribution >= 4 is 11.8 Å². The molecule has 0 aromatic rings. The molecule has 4 atom stereocenters. The molecule has 2 amide bonds. The van der Waals surface area contributed by atoms with Crippen LogP contribution in [0, 0.1) is 23.7 Å². The third kappa shape index (κ3) is 1.05. The Hall–Kier alpha value is -1.38. The fourth-order valence-corrected chi connectivity index (χ4v) is 2.63. The van der Waals surface area contributed by atoms with E-state index in [1.807, 2.05) is 0 Å². The van der Waals surface area contributed by atoms with Crippen LogP contribution in [0.15, 0.2) is 25.3 Å². The zero-order valence-corrected chi connectivity index (χ0v) is 7.90. The van der Waals surface area contributed by atoms with Gasteiger partial charge in [-0.05, 0) is 18.3 Å². The van der Waals surface area contributed by atoms with E-state index in [1.165, 1.54) is 0 Å². The molecule has 0 radical (unpaired) electrons. The molecule has 74 valence electrons. The van der Waals surface area contributed by atoms with Gasteiger partial charge in [-0.1, -0.05) is 12.2 Å². The Morgan fingerprint density at radius 2 is 1.50 bits per heavy atom. The smallest absolute Gasteiger partial charge is 0.231 e. The number of allylic oxidation sites excluding steroid dienone is 2. The van der Waals surface area contributed by atoms with E-state index in [0.717, 1.165) is 6.42 Å². The van der Waals surface area contributed by atoms with Gasteiger partial charge in [-0.15, -0.1) is 13.2 Å². The van der Waals surface area contributed by atoms with Crippen molar-refractivity contribution in [2.45, 2.75) is 6.42 Å². The van der Waals surface area contributed by atoms with Crippen LogP contribution < -0.4 is 5.32 Å². The molecule has 1 aliphatic heterocycles. The summed E-state index contributed by atoms with van der Waals surface area (Å²) in [5.41, 5.74) is 0. The number of carbonyl (C=O) groups excluding carboxylic acids is 2. The number of rotatable bonds is 2. The minimum absolute atomic E-state index is 0.120. The van der Waals surface area contributed by atoms with E-state index in [1.54, 1.807) is 12.2 Å². The van der Waals surface area contributed by atoms with Gasteiger partial charge in [0.15, 0.2) is 0 Å². The van der Waals surface area contributed by atoms with Crippen molar-refractivity contribution in [3.8, 4) is 0 Å². The fraction of sp³-hybridized carbons (Fsp3) is 0.455. The first-order valence-electron chi connectivity index (χ1n) is 4.79. The van der Waals surface area contributed by atoms with E-state index in [-0.39, 0.29) is 35.5 Å². The van der Waals surface area contributed by atoms with Crippen LogP contribution >= 0.6 is 0 Å². The number of carbonyl (C=O) groups is 2. The lowest BCUT2D eigenvalue weighted by atomic mass is 9.89. The van der Waals surface area contributed by atoms with Crippen molar-refractivity contribution in [1.29, 1.82) is 0 Å². The predicted octanol–water partition coefficient (Wildman–Crippen LogP) is 0.883. The van der Waals surface area contributed by atoms with Crippen LogP contribution in [0.2, 0.25) is 0 Å². The maximum Gasteiger partial charge on any atom is 0.231 e. The maximum atomic E-state index is 11.5. The molecule has 1 N–H and O–H groups in total. The molecule has 3 nitrogen and oxygen atoms in total. The van der Waals surface area contributed by atoms with Gasteiger partial charge in [-0.25, -0.2) is 0 Å². The Labute approximate surface area is 82.9 Å². The molecule has 2 aliphatic rings. The van der Waals surface area contributed by atoms with E-state index in [0.29, 0.717) is 0 Å². The monoisotopic (exact) mass is 191 g/mol. The average molecular weight is 191 g/mol. The SMILES string of the molecule is C=CC1CC(C=C)C2C(=O)NC(=O)C12. The van der Waals surface area contributed by atoms with Crippen molar-refractivity contribution in [3.05, 3.63) is 25.3 Å². The zero-order chi connectivity index (χ0) is 10.3. The van der Waals surface area contributed by atoms with Crippen LogP contribution in [-0.4, -0.2) is 11.8 Å². The summed E-state index contributed by atoms with van der Waals surface area (Å²) in [4.78, 5) is 23.0. The second-order valence-electron chi connectivity index (χ2n) is 3.94. The average Bonchev–Trinajstić information content (AvgIpc) is 2.67. The van der Waals surface area contributed by atoms with E-state index in [2.05, 4.69) is 18.5 Å². The summed E-state index contributed by atoms with van der Waals surface area (Å²) in [6, 6.07) is 0. The van der Waals surface area contributed by atoms with Crippen molar-refractivity contribution in [1.82, 2.24) is 5.32 Å². The van der Waals surface area contributed by atoms with Crippen molar-refractivity contribution in [2.75, 3.05) is 0 Å². The normalized spacial score (nSPS) is 40.6. The lowest BCUT2D eigenvalue weighted by molar-refractivity contribution is -0.126. The Morgan fingerprint density at radius 1 is 1.07 bits per heavy atom. The molecule has 1 aliphatic carbocycles. The van der Waals surface area contributed by atoms with Crippen molar-refractivity contribution in [3.63, 3.8) is 0 Å². The summed E-state index contributed by atoms with van der Waals surface area (Å²) in [6.45, 7) is 7.41. The number of hydrogen-bond acceptors (Lipinski definition) is 2. The maximum absolute atomic E-state index is 11.5. The van der Waals surface area contributed by atoms with Crippen molar-refractivity contribution < 1.29 is 9.59 Å². The minimum atomic E-state index is -0.206. The Kier molecular flexibility index (Phi) is 2.02. The Morgan fingerprint density at radius 3 is 1.86 bits per heavy atom. The van der Waals surface area contributed by atoms with Crippen LogP contribution in [0.3, 0.4) is 0 Å². The summed E-state index contributed by atoms with van der Waals surface area (Å²) in [5.74, 6) is -0.460. The highest BCUT2D eigenvalue weighted by Crippen LogP contribution is 2.45. The molecule has 1 saturated carbocycles. The molecule has 2 rings (SSSR count). The summed E-state index contributed by atoms with van der Waals surface area (Å²) in [7, 11) is 0. The van der Waals surface area contributed by atoms with Crippen LogP contribution in [0.5, 0.6) is 0 Å². The van der Waals surface area contributed by atoms with Crippen molar-refractivity contribution in [2.24, 2.45) is 23.7 Å². The largest absolute Gasteiger partial charge is 0.296 e. The minimum Gasteiger partial charge on any atom is -0.296 e. The third-order valence-electron chi connectivity index (χ3n) is 3.31. The number of nitrogens with one attached hydrogen (secondary N) is 1. The first-order valence-corrected chi connectivity index (χ1v) is 4.79. The first-order chi connectivity index (χ1) is 6.69.